The quantitative estimate of drug-likeness (QED) is 0.857. The zero-order chi connectivity index (χ0) is 15.0. The van der Waals surface area contributed by atoms with Gasteiger partial charge in [-0.3, -0.25) is 9.79 Å². The predicted molar refractivity (Wildman–Crippen MR) is 81.1 cm³/mol. The molecule has 0 N–H and O–H groups in total. The Morgan fingerprint density at radius 2 is 2.14 bits per heavy atom. The number of aromatic nitrogens is 1. The largest absolute Gasteiger partial charge is 0.359 e. The van der Waals surface area contributed by atoms with Crippen LogP contribution in [0.2, 0.25) is 5.02 Å². The molecule has 0 bridgehead atoms. The lowest BCUT2D eigenvalue weighted by Gasteiger charge is -2.15. The number of aliphatic imine (C=N–C) groups is 1. The number of fused-ring (bicyclic) bond motifs is 1. The van der Waals surface area contributed by atoms with Crippen LogP contribution in [0.15, 0.2) is 33.8 Å². The Hall–Kier alpha value is -2.14. The number of carbonyl (C=O) groups is 1. The summed E-state index contributed by atoms with van der Waals surface area (Å²) in [7, 11) is 1.69. The van der Waals surface area contributed by atoms with Crippen molar-refractivity contribution in [2.24, 2.45) is 4.99 Å². The topological polar surface area (TPSA) is 58.7 Å². The van der Waals surface area contributed by atoms with Gasteiger partial charge in [-0.05, 0) is 6.07 Å². The number of aryl methyl sites for hydroxylation is 1. The van der Waals surface area contributed by atoms with Crippen LogP contribution in [0.3, 0.4) is 0 Å². The van der Waals surface area contributed by atoms with Crippen molar-refractivity contribution in [1.82, 2.24) is 5.16 Å². The molecule has 1 aliphatic rings. The molecular weight excluding hydrogens is 290 g/mol. The third kappa shape index (κ3) is 2.23. The van der Waals surface area contributed by atoms with Crippen molar-refractivity contribution in [3.63, 3.8) is 0 Å². The van der Waals surface area contributed by atoms with Gasteiger partial charge in [0.05, 0.1) is 6.21 Å². The minimum absolute atomic E-state index is 0.205. The highest BCUT2D eigenvalue weighted by Crippen LogP contribution is 2.38. The number of halogens is 1. The summed E-state index contributed by atoms with van der Waals surface area (Å²) in [5, 5.41) is 4.72. The van der Waals surface area contributed by atoms with Gasteiger partial charge in [-0.15, -0.1) is 0 Å². The Morgan fingerprint density at radius 3 is 2.86 bits per heavy atom. The highest BCUT2D eigenvalue weighted by Gasteiger charge is 2.31. The van der Waals surface area contributed by atoms with E-state index >= 15 is 0 Å². The van der Waals surface area contributed by atoms with Crippen LogP contribution in [-0.4, -0.2) is 24.3 Å². The standard InChI is InChI=1S/C15H14ClN3O2/c1-3-11-15-14(18-21-11)13(17-8-12(20)19(15)2)9-6-4-5-7-10(9)16/h4-8,13H,3H2,1-2H3. The lowest BCUT2D eigenvalue weighted by atomic mass is 10.0. The fourth-order valence-corrected chi connectivity index (χ4v) is 2.67. The number of anilines is 1. The molecule has 3 rings (SSSR count). The number of carbonyl (C=O) groups excluding carboxylic acids is 1. The van der Waals surface area contributed by atoms with Crippen molar-refractivity contribution in [2.45, 2.75) is 19.4 Å². The average Bonchev–Trinajstić information content (AvgIpc) is 2.87. The molecule has 1 unspecified atom stereocenters. The molecule has 2 heterocycles. The molecule has 0 spiro atoms. The maximum Gasteiger partial charge on any atom is 0.268 e. The van der Waals surface area contributed by atoms with Crippen molar-refractivity contribution in [3.8, 4) is 0 Å². The monoisotopic (exact) mass is 303 g/mol. The van der Waals surface area contributed by atoms with Crippen LogP contribution in [0.5, 0.6) is 0 Å². The number of amides is 1. The number of nitrogens with zero attached hydrogens (tertiary/aromatic N) is 3. The van der Waals surface area contributed by atoms with Gasteiger partial charge in [-0.1, -0.05) is 41.9 Å². The van der Waals surface area contributed by atoms with Crippen LogP contribution in [-0.2, 0) is 11.2 Å². The van der Waals surface area contributed by atoms with E-state index in [2.05, 4.69) is 10.1 Å². The molecule has 2 aromatic rings. The zero-order valence-electron chi connectivity index (χ0n) is 11.7. The van der Waals surface area contributed by atoms with Crippen LogP contribution < -0.4 is 4.90 Å². The first-order chi connectivity index (χ1) is 10.1. The lowest BCUT2D eigenvalue weighted by Crippen LogP contribution is -2.27. The van der Waals surface area contributed by atoms with Crippen molar-refractivity contribution in [2.75, 3.05) is 11.9 Å². The van der Waals surface area contributed by atoms with Gasteiger partial charge in [0.15, 0.2) is 5.76 Å². The molecule has 1 aromatic heterocycles. The number of hydrogen-bond acceptors (Lipinski definition) is 4. The fourth-order valence-electron chi connectivity index (χ4n) is 2.43. The molecule has 1 aromatic carbocycles. The molecule has 0 aliphatic carbocycles. The van der Waals surface area contributed by atoms with Crippen molar-refractivity contribution < 1.29 is 9.32 Å². The van der Waals surface area contributed by atoms with E-state index < -0.39 is 6.04 Å². The van der Waals surface area contributed by atoms with E-state index in [1.165, 1.54) is 11.1 Å². The lowest BCUT2D eigenvalue weighted by molar-refractivity contribution is -0.111. The minimum Gasteiger partial charge on any atom is -0.359 e. The van der Waals surface area contributed by atoms with Gasteiger partial charge in [-0.25, -0.2) is 0 Å². The third-order valence-corrected chi connectivity index (χ3v) is 3.89. The number of rotatable bonds is 2. The molecule has 5 nitrogen and oxygen atoms in total. The van der Waals surface area contributed by atoms with Gasteiger partial charge in [0.1, 0.15) is 17.4 Å². The van der Waals surface area contributed by atoms with E-state index in [0.29, 0.717) is 28.6 Å². The molecule has 0 radical (unpaired) electrons. The van der Waals surface area contributed by atoms with Gasteiger partial charge in [0.25, 0.3) is 5.91 Å². The summed E-state index contributed by atoms with van der Waals surface area (Å²) in [5.74, 6) is 0.465. The smallest absolute Gasteiger partial charge is 0.268 e. The van der Waals surface area contributed by atoms with Gasteiger partial charge >= 0.3 is 0 Å². The average molecular weight is 304 g/mol. The van der Waals surface area contributed by atoms with Gasteiger partial charge in [0, 0.05) is 24.1 Å². The second kappa shape index (κ2) is 5.33. The van der Waals surface area contributed by atoms with Crippen LogP contribution in [0.4, 0.5) is 5.69 Å². The van der Waals surface area contributed by atoms with Crippen LogP contribution in [0.25, 0.3) is 0 Å². The van der Waals surface area contributed by atoms with E-state index in [1.807, 2.05) is 25.1 Å². The van der Waals surface area contributed by atoms with Crippen molar-refractivity contribution in [1.29, 1.82) is 0 Å². The molecule has 6 heteroatoms. The highest BCUT2D eigenvalue weighted by atomic mass is 35.5. The zero-order valence-corrected chi connectivity index (χ0v) is 12.5. The molecule has 1 aliphatic heterocycles. The summed E-state index contributed by atoms with van der Waals surface area (Å²) in [5.41, 5.74) is 2.10. The van der Waals surface area contributed by atoms with Crippen molar-refractivity contribution >= 4 is 29.4 Å². The first-order valence-corrected chi connectivity index (χ1v) is 7.05. The molecule has 1 atom stereocenters. The summed E-state index contributed by atoms with van der Waals surface area (Å²) < 4.78 is 5.37. The summed E-state index contributed by atoms with van der Waals surface area (Å²) >= 11 is 6.26. The van der Waals surface area contributed by atoms with E-state index in [4.69, 9.17) is 16.1 Å². The second-order valence-electron chi connectivity index (χ2n) is 4.79. The predicted octanol–water partition coefficient (Wildman–Crippen LogP) is 3.03. The summed E-state index contributed by atoms with van der Waals surface area (Å²) in [6.07, 6.45) is 1.96. The second-order valence-corrected chi connectivity index (χ2v) is 5.20. The normalized spacial score (nSPS) is 17.8. The molecule has 0 saturated heterocycles. The molecule has 21 heavy (non-hydrogen) atoms. The number of hydrogen-bond donors (Lipinski definition) is 0. The molecule has 0 saturated carbocycles. The third-order valence-electron chi connectivity index (χ3n) is 3.54. The maximum atomic E-state index is 12.1. The minimum atomic E-state index is -0.438. The SMILES string of the molecule is CCc1onc2c1N(C)C(=O)C=NC2c1ccccc1Cl. The Bertz CT molecular complexity index is 723. The Balaban J connectivity index is 2.21. The molecular formula is C15H14ClN3O2. The maximum absolute atomic E-state index is 12.1. The van der Waals surface area contributed by atoms with E-state index in [-0.39, 0.29) is 5.91 Å². The summed E-state index contributed by atoms with van der Waals surface area (Å²) in [6.45, 7) is 1.95. The number of benzene rings is 1. The Kier molecular flexibility index (Phi) is 3.51. The van der Waals surface area contributed by atoms with Crippen LogP contribution in [0.1, 0.15) is 30.0 Å². The summed E-state index contributed by atoms with van der Waals surface area (Å²) in [6, 6.07) is 6.97. The first kappa shape index (κ1) is 13.8. The van der Waals surface area contributed by atoms with E-state index in [9.17, 15) is 4.79 Å². The first-order valence-electron chi connectivity index (χ1n) is 6.67. The van der Waals surface area contributed by atoms with Gasteiger partial charge in [-0.2, -0.15) is 0 Å². The van der Waals surface area contributed by atoms with Crippen LogP contribution in [0, 0.1) is 0 Å². The summed E-state index contributed by atoms with van der Waals surface area (Å²) in [4.78, 5) is 17.9. The Labute approximate surface area is 127 Å². The van der Waals surface area contributed by atoms with E-state index in [1.54, 1.807) is 13.1 Å². The fraction of sp³-hybridized carbons (Fsp3) is 0.267. The Morgan fingerprint density at radius 1 is 1.38 bits per heavy atom. The van der Waals surface area contributed by atoms with Crippen LogP contribution >= 0.6 is 11.6 Å². The van der Waals surface area contributed by atoms with Gasteiger partial charge < -0.3 is 9.42 Å². The van der Waals surface area contributed by atoms with Gasteiger partial charge in [0.2, 0.25) is 0 Å². The molecule has 108 valence electrons. The molecule has 1 amide bonds. The highest BCUT2D eigenvalue weighted by molar-refractivity contribution is 6.33. The molecule has 0 fully saturated rings. The van der Waals surface area contributed by atoms with E-state index in [0.717, 1.165) is 5.56 Å². The van der Waals surface area contributed by atoms with Crippen molar-refractivity contribution in [3.05, 3.63) is 46.3 Å².